The van der Waals surface area contributed by atoms with Gasteiger partial charge in [0.2, 0.25) is 0 Å². The van der Waals surface area contributed by atoms with Crippen molar-refractivity contribution in [3.05, 3.63) is 0 Å². The van der Waals surface area contributed by atoms with E-state index in [-0.39, 0.29) is 31.1 Å². The SMILES string of the molecule is CC(C)[CH2][AlH][O][AlH2].C[CH](C)[AlH][O][AlH2]. The van der Waals surface area contributed by atoms with Crippen LogP contribution in [0.1, 0.15) is 27.7 Å². The molecule has 0 spiro atoms. The molecule has 74 valence electrons. The zero-order valence-corrected chi connectivity index (χ0v) is 16.9. The van der Waals surface area contributed by atoms with E-state index in [0.717, 1.165) is 43.9 Å². The predicted molar refractivity (Wildman–Crippen MR) is 68.3 cm³/mol. The van der Waals surface area contributed by atoms with Crippen molar-refractivity contribution in [3.8, 4) is 0 Å². The third-order valence-electron chi connectivity index (χ3n) is 1.40. The minimum atomic E-state index is -0.0818. The fraction of sp³-hybridized carbons (Fsp3) is 1.00. The van der Waals surface area contributed by atoms with Crippen molar-refractivity contribution in [2.75, 3.05) is 0 Å². The summed E-state index contributed by atoms with van der Waals surface area (Å²) in [6.07, 6.45) is 0. The first-order valence-corrected chi connectivity index (χ1v) is 9.62. The summed E-state index contributed by atoms with van der Waals surface area (Å²) in [6.45, 7) is 8.91. The summed E-state index contributed by atoms with van der Waals surface area (Å²) in [5, 5.41) is 1.35. The molecule has 0 aliphatic rings. The first-order valence-electron chi connectivity index (χ1n) is 5.02. The van der Waals surface area contributed by atoms with Crippen LogP contribution in [-0.2, 0) is 5.68 Å². The number of rotatable bonds is 5. The summed E-state index contributed by atoms with van der Waals surface area (Å²) in [5.41, 5.74) is 0. The average molecular weight is 246 g/mol. The van der Waals surface area contributed by atoms with Gasteiger partial charge in [-0.25, -0.2) is 0 Å². The lowest BCUT2D eigenvalue weighted by Gasteiger charge is -1.98. The molecule has 0 bridgehead atoms. The lowest BCUT2D eigenvalue weighted by Crippen LogP contribution is -1.98. The summed E-state index contributed by atoms with van der Waals surface area (Å²) in [6, 6.07) is 0. The van der Waals surface area contributed by atoms with Crippen LogP contribution in [0.4, 0.5) is 0 Å². The fourth-order valence-corrected chi connectivity index (χ4v) is 4.77. The maximum atomic E-state index is 5.13. The quantitative estimate of drug-likeness (QED) is 0.620. The van der Waals surface area contributed by atoms with Crippen LogP contribution in [0.3, 0.4) is 0 Å². The Balaban J connectivity index is 0. The van der Waals surface area contributed by atoms with Crippen molar-refractivity contribution in [1.29, 1.82) is 0 Å². The van der Waals surface area contributed by atoms with Gasteiger partial charge in [-0.3, -0.25) is 0 Å². The van der Waals surface area contributed by atoms with Crippen molar-refractivity contribution in [2.45, 2.75) is 37.8 Å². The Morgan fingerprint density at radius 1 is 1.08 bits per heavy atom. The van der Waals surface area contributed by atoms with Gasteiger partial charge in [0, 0.05) is 0 Å². The van der Waals surface area contributed by atoms with Crippen LogP contribution < -0.4 is 0 Å². The Morgan fingerprint density at radius 3 is 1.69 bits per heavy atom. The first kappa shape index (κ1) is 17.4. The van der Waals surface area contributed by atoms with Crippen LogP contribution in [0.2, 0.25) is 10.1 Å². The molecule has 0 fully saturated rings. The molecule has 0 radical (unpaired) electrons. The highest BCUT2D eigenvalue weighted by Crippen LogP contribution is 1.96. The topological polar surface area (TPSA) is 18.5 Å². The molecular weight excluding hydrogens is 224 g/mol. The Kier molecular flexibility index (Phi) is 18.9. The van der Waals surface area contributed by atoms with Crippen LogP contribution in [0.25, 0.3) is 0 Å². The van der Waals surface area contributed by atoms with Gasteiger partial charge in [-0.1, -0.05) is 43.7 Å². The summed E-state index contributed by atoms with van der Waals surface area (Å²) >= 11 is 1.76. The van der Waals surface area contributed by atoms with Crippen molar-refractivity contribution in [3.63, 3.8) is 0 Å². The van der Waals surface area contributed by atoms with Crippen LogP contribution >= 0.6 is 0 Å². The summed E-state index contributed by atoms with van der Waals surface area (Å²) in [7, 11) is 0. The molecule has 0 atom stereocenters. The molecule has 0 aromatic rings. The van der Waals surface area contributed by atoms with Gasteiger partial charge in [-0.05, 0) is 0 Å². The summed E-state index contributed by atoms with van der Waals surface area (Å²) in [4.78, 5) is 0. The molecule has 2 nitrogen and oxygen atoms in total. The Morgan fingerprint density at radius 2 is 1.62 bits per heavy atom. The fourth-order valence-electron chi connectivity index (χ4n) is 0.687. The van der Waals surface area contributed by atoms with Crippen LogP contribution in [0.15, 0.2) is 0 Å². The van der Waals surface area contributed by atoms with Crippen molar-refractivity contribution in [1.82, 2.24) is 0 Å². The van der Waals surface area contributed by atoms with Crippen LogP contribution in [0, 0.1) is 5.92 Å². The van der Waals surface area contributed by atoms with Crippen LogP contribution in [0.5, 0.6) is 0 Å². The minimum Gasteiger partial charge on any atom is -0.644 e. The molecule has 0 unspecified atom stereocenters. The highest BCUT2D eigenvalue weighted by Gasteiger charge is 1.94. The smallest absolute Gasteiger partial charge is 0.407 e. The van der Waals surface area contributed by atoms with E-state index < -0.39 is 0 Å². The lowest BCUT2D eigenvalue weighted by molar-refractivity contribution is 0.625. The molecule has 0 aromatic heterocycles. The molecule has 0 aliphatic carbocycles. The highest BCUT2D eigenvalue weighted by atomic mass is 27.2. The summed E-state index contributed by atoms with van der Waals surface area (Å²) < 4.78 is 11.1. The van der Waals surface area contributed by atoms with Gasteiger partial charge in [0.1, 0.15) is 0 Å². The summed E-state index contributed by atoms with van der Waals surface area (Å²) in [5.74, 6) is 0.862. The van der Waals surface area contributed by atoms with E-state index in [9.17, 15) is 0 Å². The third kappa shape index (κ3) is 24.9. The molecule has 0 saturated carbocycles. The van der Waals surface area contributed by atoms with Gasteiger partial charge in [0.15, 0.2) is 0 Å². The second kappa shape index (κ2) is 14.0. The van der Waals surface area contributed by atoms with Crippen molar-refractivity contribution >= 4 is 64.4 Å². The first-order chi connectivity index (χ1) is 6.04. The van der Waals surface area contributed by atoms with Crippen molar-refractivity contribution < 1.29 is 5.68 Å². The average Bonchev–Trinajstić information content (AvgIpc) is 2.01. The number of hydrogen-bond acceptors (Lipinski definition) is 2. The normalized spacial score (nSPS) is 9.38. The zero-order valence-electron chi connectivity index (χ0n) is 10.1. The molecule has 0 saturated heterocycles. The van der Waals surface area contributed by atoms with E-state index >= 15 is 0 Å². The minimum absolute atomic E-state index is 0.0640. The van der Waals surface area contributed by atoms with E-state index in [4.69, 9.17) is 5.68 Å². The van der Waals surface area contributed by atoms with Crippen molar-refractivity contribution in [2.24, 2.45) is 5.92 Å². The maximum absolute atomic E-state index is 5.13. The Hall–Kier alpha value is 2.05. The second-order valence-electron chi connectivity index (χ2n) is 4.02. The van der Waals surface area contributed by atoms with E-state index in [2.05, 4.69) is 27.7 Å². The highest BCUT2D eigenvalue weighted by molar-refractivity contribution is 6.35. The molecule has 0 heterocycles. The monoisotopic (exact) mass is 246 g/mol. The molecular formula is C7H22Al4O2. The van der Waals surface area contributed by atoms with E-state index in [0.29, 0.717) is 0 Å². The maximum Gasteiger partial charge on any atom is 0.407 e. The molecule has 6 heteroatoms. The van der Waals surface area contributed by atoms with Crippen LogP contribution in [-0.4, -0.2) is 64.4 Å². The van der Waals surface area contributed by atoms with E-state index in [1.165, 1.54) is 5.28 Å². The lowest BCUT2D eigenvalue weighted by atomic mass is 10.3. The Bertz CT molecular complexity index is 90.6. The molecule has 0 aromatic carbocycles. The molecule has 0 aliphatic heterocycles. The van der Waals surface area contributed by atoms with E-state index in [1.54, 1.807) is 0 Å². The van der Waals surface area contributed by atoms with Gasteiger partial charge in [0.25, 0.3) is 0 Å². The molecule has 0 N–H and O–H groups in total. The third-order valence-corrected chi connectivity index (χ3v) is 6.42. The number of hydrogen-bond donors (Lipinski definition) is 0. The standard InChI is InChI=1S/C4H9.C3H7.4Al.2O.6H/c1-4(2)3;1-3-2;;;;;;;;;;;;/h4H,1H2,2-3H3;3H,1-2H3;;;;;;;;;;;;. The molecule has 0 rings (SSSR count). The predicted octanol–water partition coefficient (Wildman–Crippen LogP) is -0.292. The van der Waals surface area contributed by atoms with Gasteiger partial charge < -0.3 is 5.68 Å². The second-order valence-corrected chi connectivity index (χ2v) is 11.6. The largest absolute Gasteiger partial charge is 0.644 e. The van der Waals surface area contributed by atoms with Gasteiger partial charge >= 0.3 is 64.4 Å². The van der Waals surface area contributed by atoms with Gasteiger partial charge in [0.05, 0.1) is 0 Å². The zero-order chi connectivity index (χ0) is 10.7. The van der Waals surface area contributed by atoms with E-state index in [1.807, 2.05) is 0 Å². The molecule has 0 amide bonds. The Labute approximate surface area is 113 Å². The molecule has 13 heavy (non-hydrogen) atoms. The van der Waals surface area contributed by atoms with Gasteiger partial charge in [-0.2, -0.15) is 0 Å². The van der Waals surface area contributed by atoms with Gasteiger partial charge in [-0.15, -0.1) is 0 Å².